The van der Waals surface area contributed by atoms with Crippen LogP contribution in [0.2, 0.25) is 0 Å². The third kappa shape index (κ3) is 1.40. The van der Waals surface area contributed by atoms with Gasteiger partial charge in [-0.2, -0.15) is 0 Å². The lowest BCUT2D eigenvalue weighted by atomic mass is 10.2. The van der Waals surface area contributed by atoms with Gasteiger partial charge in [-0.1, -0.05) is 0 Å². The fourth-order valence-corrected chi connectivity index (χ4v) is 1.10. The smallest absolute Gasteiger partial charge is 0.249 e. The van der Waals surface area contributed by atoms with Gasteiger partial charge < -0.3 is 15.5 Å². The van der Waals surface area contributed by atoms with Crippen LogP contribution in [0.25, 0.3) is 0 Å². The van der Waals surface area contributed by atoms with Crippen LogP contribution in [0, 0.1) is 0 Å². The van der Waals surface area contributed by atoms with Crippen LogP contribution in [-0.4, -0.2) is 54.8 Å². The van der Waals surface area contributed by atoms with E-state index in [2.05, 4.69) is 0 Å². The van der Waals surface area contributed by atoms with Crippen LogP contribution in [0.15, 0.2) is 0 Å². The molecule has 0 spiro atoms. The summed E-state index contributed by atoms with van der Waals surface area (Å²) >= 11 is 0. The van der Waals surface area contributed by atoms with E-state index >= 15 is 0 Å². The first-order valence-corrected chi connectivity index (χ1v) is 3.79. The molecule has 1 rings (SSSR count). The van der Waals surface area contributed by atoms with Crippen LogP contribution in [0.1, 0.15) is 0 Å². The number of hydrogen-bond donors (Lipinski definition) is 1. The Hall–Kier alpha value is -1.10. The summed E-state index contributed by atoms with van der Waals surface area (Å²) in [6.45, 7) is 1.10. The quantitative estimate of drug-likeness (QED) is 0.439. The van der Waals surface area contributed by atoms with Gasteiger partial charge in [0.25, 0.3) is 0 Å². The number of carbonyl (C=O) groups is 2. The third-order valence-electron chi connectivity index (χ3n) is 2.06. The van der Waals surface area contributed by atoms with E-state index in [0.717, 1.165) is 0 Å². The van der Waals surface area contributed by atoms with Gasteiger partial charge in [0.05, 0.1) is 0 Å². The number of amides is 2. The van der Waals surface area contributed by atoms with Crippen LogP contribution in [-0.2, 0) is 9.59 Å². The molecule has 1 saturated heterocycles. The summed E-state index contributed by atoms with van der Waals surface area (Å²) in [5, 5.41) is 0. The molecule has 0 aromatic carbocycles. The topological polar surface area (TPSA) is 66.6 Å². The molecule has 0 saturated carbocycles. The minimum Gasteiger partial charge on any atom is -0.342 e. The van der Waals surface area contributed by atoms with Crippen LogP contribution in [0.5, 0.6) is 0 Å². The molecule has 1 aliphatic rings. The number of nitrogens with two attached hydrogens (primary N) is 1. The van der Waals surface area contributed by atoms with Gasteiger partial charge in [0.1, 0.15) is 0 Å². The average molecular weight is 171 g/mol. The first kappa shape index (κ1) is 8.99. The van der Waals surface area contributed by atoms with Crippen LogP contribution in [0.4, 0.5) is 0 Å². The van der Waals surface area contributed by atoms with Gasteiger partial charge >= 0.3 is 0 Å². The van der Waals surface area contributed by atoms with Crippen molar-refractivity contribution in [2.75, 3.05) is 27.2 Å². The van der Waals surface area contributed by atoms with Gasteiger partial charge in [0, 0.05) is 27.2 Å². The highest BCUT2D eigenvalue weighted by Crippen LogP contribution is 2.00. The van der Waals surface area contributed by atoms with E-state index in [-0.39, 0.29) is 11.8 Å². The lowest BCUT2D eigenvalue weighted by molar-refractivity contribution is -0.138. The second kappa shape index (κ2) is 3.10. The van der Waals surface area contributed by atoms with E-state index in [0.29, 0.717) is 13.1 Å². The highest BCUT2D eigenvalue weighted by molar-refractivity contribution is 6.04. The van der Waals surface area contributed by atoms with Crippen molar-refractivity contribution >= 4 is 11.8 Å². The molecule has 68 valence electrons. The second-order valence-electron chi connectivity index (χ2n) is 3.00. The molecular weight excluding hydrogens is 158 g/mol. The molecule has 2 amide bonds. The highest BCUT2D eigenvalue weighted by Gasteiger charge is 2.30. The Kier molecular flexibility index (Phi) is 2.32. The minimum atomic E-state index is -1.01. The molecule has 1 heterocycles. The van der Waals surface area contributed by atoms with Crippen molar-refractivity contribution in [2.45, 2.75) is 6.04 Å². The zero-order valence-electron chi connectivity index (χ0n) is 7.28. The predicted molar refractivity (Wildman–Crippen MR) is 43.2 cm³/mol. The van der Waals surface area contributed by atoms with E-state index in [9.17, 15) is 9.59 Å². The largest absolute Gasteiger partial charge is 0.342 e. The molecule has 0 unspecified atom stereocenters. The van der Waals surface area contributed by atoms with E-state index in [1.165, 1.54) is 9.80 Å². The Labute approximate surface area is 71.1 Å². The van der Waals surface area contributed by atoms with Crippen molar-refractivity contribution in [3.05, 3.63) is 0 Å². The zero-order chi connectivity index (χ0) is 9.30. The Balaban J connectivity index is 2.82. The summed E-state index contributed by atoms with van der Waals surface area (Å²) in [5.74, 6) is -0.603. The van der Waals surface area contributed by atoms with Crippen molar-refractivity contribution < 1.29 is 9.59 Å². The summed E-state index contributed by atoms with van der Waals surface area (Å²) in [5.41, 5.74) is 5.42. The van der Waals surface area contributed by atoms with Gasteiger partial charge in [-0.05, 0) is 0 Å². The van der Waals surface area contributed by atoms with Crippen molar-refractivity contribution in [3.8, 4) is 0 Å². The first-order valence-electron chi connectivity index (χ1n) is 3.79. The van der Waals surface area contributed by atoms with Crippen molar-refractivity contribution in [1.29, 1.82) is 0 Å². The molecule has 5 nitrogen and oxygen atoms in total. The minimum absolute atomic E-state index is 0.302. The normalized spacial score (nSPS) is 21.6. The summed E-state index contributed by atoms with van der Waals surface area (Å²) in [6, 6.07) is -1.01. The fraction of sp³-hybridized carbons (Fsp3) is 0.714. The first-order chi connectivity index (χ1) is 5.54. The molecule has 5 heteroatoms. The Morgan fingerprint density at radius 3 is 1.83 bits per heavy atom. The van der Waals surface area contributed by atoms with Gasteiger partial charge in [-0.3, -0.25) is 9.59 Å². The van der Waals surface area contributed by atoms with Crippen LogP contribution < -0.4 is 5.73 Å². The lowest BCUT2D eigenvalue weighted by Gasteiger charge is -2.14. The zero-order valence-corrected chi connectivity index (χ0v) is 7.28. The van der Waals surface area contributed by atoms with Crippen molar-refractivity contribution in [1.82, 2.24) is 9.80 Å². The number of nitrogens with zero attached hydrogens (tertiary/aromatic N) is 2. The maximum atomic E-state index is 11.3. The molecule has 0 aliphatic carbocycles. The molecule has 0 aromatic heterocycles. The van der Waals surface area contributed by atoms with E-state index in [1.54, 1.807) is 14.1 Å². The van der Waals surface area contributed by atoms with Crippen molar-refractivity contribution in [3.63, 3.8) is 0 Å². The standard InChI is InChI=1S/C7H13N3O2/c1-9-3-4-10(2)7(12)5(8)6(9)11/h5H,3-4,8H2,1-2H3. The summed E-state index contributed by atoms with van der Waals surface area (Å²) in [6.07, 6.45) is 0. The number of likely N-dealkylation sites (N-methyl/N-ethyl adjacent to an activating group) is 2. The fourth-order valence-electron chi connectivity index (χ4n) is 1.10. The second-order valence-corrected chi connectivity index (χ2v) is 3.00. The predicted octanol–water partition coefficient (Wildman–Crippen LogP) is -1.76. The van der Waals surface area contributed by atoms with Gasteiger partial charge in [0.2, 0.25) is 11.8 Å². The Morgan fingerprint density at radius 1 is 1.17 bits per heavy atom. The van der Waals surface area contributed by atoms with E-state index in [1.807, 2.05) is 0 Å². The lowest BCUT2D eigenvalue weighted by Crippen LogP contribution is -2.47. The highest BCUT2D eigenvalue weighted by atomic mass is 16.2. The molecule has 2 N–H and O–H groups in total. The maximum Gasteiger partial charge on any atom is 0.249 e. The molecule has 0 aromatic rings. The summed E-state index contributed by atoms with van der Waals surface area (Å²) in [4.78, 5) is 25.5. The number of rotatable bonds is 0. The SMILES string of the molecule is CN1CCN(C)C(=O)C(N)C1=O. The Bertz CT molecular complexity index is 195. The molecule has 0 radical (unpaired) electrons. The van der Waals surface area contributed by atoms with Gasteiger partial charge in [-0.15, -0.1) is 0 Å². The molecular formula is C7H13N3O2. The molecule has 0 atom stereocenters. The summed E-state index contributed by atoms with van der Waals surface area (Å²) < 4.78 is 0. The third-order valence-corrected chi connectivity index (χ3v) is 2.06. The molecule has 1 aliphatic heterocycles. The summed E-state index contributed by atoms with van der Waals surface area (Å²) in [7, 11) is 3.29. The van der Waals surface area contributed by atoms with Crippen molar-refractivity contribution in [2.24, 2.45) is 5.73 Å². The molecule has 1 fully saturated rings. The van der Waals surface area contributed by atoms with Gasteiger partial charge in [0.15, 0.2) is 6.04 Å². The number of carbonyl (C=O) groups excluding carboxylic acids is 2. The number of hydrogen-bond acceptors (Lipinski definition) is 3. The van der Waals surface area contributed by atoms with E-state index < -0.39 is 6.04 Å². The van der Waals surface area contributed by atoms with Gasteiger partial charge in [-0.25, -0.2) is 0 Å². The maximum absolute atomic E-state index is 11.3. The average Bonchev–Trinajstić information content (AvgIpc) is 2.14. The monoisotopic (exact) mass is 171 g/mol. The molecule has 0 bridgehead atoms. The Morgan fingerprint density at radius 2 is 1.50 bits per heavy atom. The van der Waals surface area contributed by atoms with E-state index in [4.69, 9.17) is 5.73 Å². The van der Waals surface area contributed by atoms with Crippen LogP contribution in [0.3, 0.4) is 0 Å². The van der Waals surface area contributed by atoms with Crippen LogP contribution >= 0.6 is 0 Å². The molecule has 12 heavy (non-hydrogen) atoms.